The van der Waals surface area contributed by atoms with Crippen LogP contribution in [0, 0.1) is 6.92 Å². The fraction of sp³-hybridized carbons (Fsp3) is 0.0526. The van der Waals surface area contributed by atoms with E-state index < -0.39 is 0 Å². The number of rotatable bonds is 4. The van der Waals surface area contributed by atoms with Gasteiger partial charge in [-0.15, -0.1) is 0 Å². The van der Waals surface area contributed by atoms with E-state index in [1.54, 1.807) is 17.8 Å². The Kier molecular flexibility index (Phi) is 7.93. The SMILES string of the molecule is C=C/C=C(\C=C)Sc1ccccc1.Cc1ccccc1. The van der Waals surface area contributed by atoms with Crippen molar-refractivity contribution in [3.8, 4) is 0 Å². The van der Waals surface area contributed by atoms with Crippen LogP contribution in [0.5, 0.6) is 0 Å². The summed E-state index contributed by atoms with van der Waals surface area (Å²) in [4.78, 5) is 2.33. The van der Waals surface area contributed by atoms with Gasteiger partial charge in [0.25, 0.3) is 0 Å². The first-order chi connectivity index (χ1) is 9.76. The molecule has 0 aliphatic carbocycles. The van der Waals surface area contributed by atoms with Crippen LogP contribution in [0.25, 0.3) is 0 Å². The van der Waals surface area contributed by atoms with Gasteiger partial charge in [0.2, 0.25) is 0 Å². The number of aryl methyl sites for hydroxylation is 1. The van der Waals surface area contributed by atoms with Crippen molar-refractivity contribution in [2.75, 3.05) is 0 Å². The summed E-state index contributed by atoms with van der Waals surface area (Å²) in [7, 11) is 0. The molecule has 2 aromatic rings. The van der Waals surface area contributed by atoms with Gasteiger partial charge >= 0.3 is 0 Å². The average molecular weight is 280 g/mol. The Morgan fingerprint density at radius 2 is 1.45 bits per heavy atom. The summed E-state index contributed by atoms with van der Waals surface area (Å²) >= 11 is 1.69. The summed E-state index contributed by atoms with van der Waals surface area (Å²) in [6.45, 7) is 9.47. The van der Waals surface area contributed by atoms with Crippen LogP contribution in [0.15, 0.2) is 102 Å². The summed E-state index contributed by atoms with van der Waals surface area (Å²) in [6, 6.07) is 20.5. The third-order valence-electron chi connectivity index (χ3n) is 2.40. The fourth-order valence-electron chi connectivity index (χ4n) is 1.42. The molecule has 20 heavy (non-hydrogen) atoms. The Hall–Kier alpha value is -1.99. The third-order valence-corrected chi connectivity index (χ3v) is 3.45. The topological polar surface area (TPSA) is 0 Å². The van der Waals surface area contributed by atoms with Crippen molar-refractivity contribution in [2.24, 2.45) is 0 Å². The molecule has 0 saturated heterocycles. The van der Waals surface area contributed by atoms with E-state index in [0.29, 0.717) is 0 Å². The first-order valence-electron chi connectivity index (χ1n) is 6.46. The zero-order chi connectivity index (χ0) is 14.6. The Bertz CT molecular complexity index is 538. The standard InChI is InChI=1S/C12H12S.C7H8/c1-3-8-11(4-2)13-12-9-6-5-7-10-12;1-7-5-3-2-4-6-7/h3-10H,1-2H2;2-6H,1H3/b11-8+;. The zero-order valence-electron chi connectivity index (χ0n) is 11.8. The second-order valence-corrected chi connectivity index (χ2v) is 5.23. The minimum absolute atomic E-state index is 1.11. The molecule has 0 unspecified atom stereocenters. The monoisotopic (exact) mass is 280 g/mol. The summed E-state index contributed by atoms with van der Waals surface area (Å²) in [6.07, 6.45) is 5.55. The summed E-state index contributed by atoms with van der Waals surface area (Å²) in [5, 5.41) is 0. The molecule has 0 nitrogen and oxygen atoms in total. The molecule has 0 heterocycles. The lowest BCUT2D eigenvalue weighted by molar-refractivity contribution is 1.47. The third kappa shape index (κ3) is 6.81. The molecular formula is C19H20S. The molecule has 0 radical (unpaired) electrons. The second-order valence-electron chi connectivity index (χ2n) is 4.08. The fourth-order valence-corrected chi connectivity index (χ4v) is 2.23. The minimum atomic E-state index is 1.11. The normalized spacial score (nSPS) is 10.2. The molecule has 0 aliphatic heterocycles. The highest BCUT2D eigenvalue weighted by atomic mass is 32.2. The van der Waals surface area contributed by atoms with E-state index in [-0.39, 0.29) is 0 Å². The van der Waals surface area contributed by atoms with Gasteiger partial charge in [-0.05, 0) is 25.1 Å². The molecule has 0 atom stereocenters. The lowest BCUT2D eigenvalue weighted by atomic mass is 10.2. The average Bonchev–Trinajstić information content (AvgIpc) is 2.49. The highest BCUT2D eigenvalue weighted by molar-refractivity contribution is 8.03. The second kappa shape index (κ2) is 9.88. The van der Waals surface area contributed by atoms with Crippen LogP contribution in [0.3, 0.4) is 0 Å². The van der Waals surface area contributed by atoms with E-state index in [9.17, 15) is 0 Å². The highest BCUT2D eigenvalue weighted by Crippen LogP contribution is 2.26. The van der Waals surface area contributed by atoms with Crippen molar-refractivity contribution in [1.29, 1.82) is 0 Å². The molecule has 0 spiro atoms. The van der Waals surface area contributed by atoms with Crippen LogP contribution < -0.4 is 0 Å². The Morgan fingerprint density at radius 1 is 0.900 bits per heavy atom. The lowest BCUT2D eigenvalue weighted by Gasteiger charge is -1.99. The molecule has 2 rings (SSSR count). The molecule has 0 fully saturated rings. The van der Waals surface area contributed by atoms with Crippen molar-refractivity contribution in [3.05, 3.63) is 103 Å². The van der Waals surface area contributed by atoms with Gasteiger partial charge in [0.1, 0.15) is 0 Å². The molecule has 102 valence electrons. The number of hydrogen-bond acceptors (Lipinski definition) is 1. The first kappa shape index (κ1) is 16.1. The number of benzene rings is 2. The summed E-state index contributed by atoms with van der Waals surface area (Å²) in [5.74, 6) is 0. The van der Waals surface area contributed by atoms with Crippen LogP contribution in [-0.2, 0) is 0 Å². The Morgan fingerprint density at radius 3 is 1.85 bits per heavy atom. The van der Waals surface area contributed by atoms with Crippen LogP contribution >= 0.6 is 11.8 Å². The predicted octanol–water partition coefficient (Wildman–Crippen LogP) is 6.03. The molecule has 0 aromatic heterocycles. The van der Waals surface area contributed by atoms with Crippen molar-refractivity contribution >= 4 is 11.8 Å². The van der Waals surface area contributed by atoms with Crippen LogP contribution in [0.4, 0.5) is 0 Å². The first-order valence-corrected chi connectivity index (χ1v) is 7.27. The van der Waals surface area contributed by atoms with Gasteiger partial charge in [-0.3, -0.25) is 0 Å². The van der Waals surface area contributed by atoms with Gasteiger partial charge < -0.3 is 0 Å². The van der Waals surface area contributed by atoms with Gasteiger partial charge in [0, 0.05) is 9.80 Å². The van der Waals surface area contributed by atoms with E-state index in [1.807, 2.05) is 48.6 Å². The smallest absolute Gasteiger partial charge is 0.0122 e. The van der Waals surface area contributed by atoms with Crippen molar-refractivity contribution in [2.45, 2.75) is 11.8 Å². The number of hydrogen-bond donors (Lipinski definition) is 0. The largest absolute Gasteiger partial charge is 0.0990 e. The van der Waals surface area contributed by atoms with E-state index in [4.69, 9.17) is 0 Å². The lowest BCUT2D eigenvalue weighted by Crippen LogP contribution is -1.71. The molecule has 0 saturated carbocycles. The van der Waals surface area contributed by atoms with E-state index >= 15 is 0 Å². The quantitative estimate of drug-likeness (QED) is 0.486. The maximum atomic E-state index is 3.74. The molecule has 0 bridgehead atoms. The van der Waals surface area contributed by atoms with E-state index in [1.165, 1.54) is 10.5 Å². The van der Waals surface area contributed by atoms with Gasteiger partial charge in [0.05, 0.1) is 0 Å². The molecule has 1 heteroatoms. The van der Waals surface area contributed by atoms with Gasteiger partial charge in [-0.25, -0.2) is 0 Å². The summed E-state index contributed by atoms with van der Waals surface area (Å²) < 4.78 is 0. The minimum Gasteiger partial charge on any atom is -0.0990 e. The molecule has 0 N–H and O–H groups in total. The van der Waals surface area contributed by atoms with Gasteiger partial charge in [0.15, 0.2) is 0 Å². The number of thioether (sulfide) groups is 1. The van der Waals surface area contributed by atoms with Crippen LogP contribution in [0.1, 0.15) is 5.56 Å². The molecular weight excluding hydrogens is 260 g/mol. The number of allylic oxidation sites excluding steroid dienone is 3. The molecule has 0 amide bonds. The van der Waals surface area contributed by atoms with E-state index in [0.717, 1.165) is 4.91 Å². The van der Waals surface area contributed by atoms with Gasteiger partial charge in [-0.2, -0.15) is 0 Å². The predicted molar refractivity (Wildman–Crippen MR) is 92.0 cm³/mol. The van der Waals surface area contributed by atoms with Crippen molar-refractivity contribution in [1.82, 2.24) is 0 Å². The van der Waals surface area contributed by atoms with Crippen molar-refractivity contribution in [3.63, 3.8) is 0 Å². The zero-order valence-corrected chi connectivity index (χ0v) is 12.6. The highest BCUT2D eigenvalue weighted by Gasteiger charge is 1.93. The maximum absolute atomic E-state index is 3.74. The van der Waals surface area contributed by atoms with Crippen molar-refractivity contribution < 1.29 is 0 Å². The molecule has 2 aromatic carbocycles. The Balaban J connectivity index is 0.000000240. The van der Waals surface area contributed by atoms with Crippen LogP contribution in [0.2, 0.25) is 0 Å². The summed E-state index contributed by atoms with van der Waals surface area (Å²) in [5.41, 5.74) is 1.32. The van der Waals surface area contributed by atoms with Crippen LogP contribution in [-0.4, -0.2) is 0 Å². The maximum Gasteiger partial charge on any atom is 0.0122 e. The molecule has 0 aliphatic rings. The Labute approximate surface area is 126 Å². The van der Waals surface area contributed by atoms with E-state index in [2.05, 4.69) is 44.3 Å². The van der Waals surface area contributed by atoms with Gasteiger partial charge in [-0.1, -0.05) is 91.2 Å².